The lowest BCUT2D eigenvalue weighted by Gasteiger charge is -2.35. The van der Waals surface area contributed by atoms with Crippen LogP contribution in [-0.2, 0) is 4.74 Å². The molecule has 0 spiro atoms. The van der Waals surface area contributed by atoms with E-state index in [1.807, 2.05) is 41.9 Å². The standard InChI is InChI=1S/C33H35N5O2S2/c1-21-8-10-25(35-18-21)31(22-12-14-37(2)19-22)36-23-9-11-28-30(17-23)41-29-7-3-5-24(32(29)42-28)27-20-38(15-16-40-27)26-6-4-13-34-33(26)39/h3-11,13,17-18,22,27,31,36H,12,14-16,19-20H2,1-2H3,(H,34,39)/t22-,27?,31?/m1/s1. The van der Waals surface area contributed by atoms with Crippen molar-refractivity contribution in [3.63, 3.8) is 0 Å². The molecule has 216 valence electrons. The van der Waals surface area contributed by atoms with Gasteiger partial charge in [0.1, 0.15) is 11.8 Å². The number of likely N-dealkylation sites (tertiary alicyclic amines) is 1. The molecule has 9 heteroatoms. The van der Waals surface area contributed by atoms with E-state index >= 15 is 0 Å². The average Bonchev–Trinajstić information content (AvgIpc) is 3.45. The average molecular weight is 598 g/mol. The fraction of sp³-hybridized carbons (Fsp3) is 0.333. The number of ether oxygens (including phenoxy) is 1. The van der Waals surface area contributed by atoms with Crippen LogP contribution in [0.1, 0.15) is 35.4 Å². The molecule has 5 heterocycles. The second kappa shape index (κ2) is 11.8. The third-order valence-corrected chi connectivity index (χ3v) is 11.0. The Morgan fingerprint density at radius 3 is 2.76 bits per heavy atom. The number of aromatic nitrogens is 2. The summed E-state index contributed by atoms with van der Waals surface area (Å²) in [7, 11) is 2.20. The summed E-state index contributed by atoms with van der Waals surface area (Å²) >= 11 is 3.64. The summed E-state index contributed by atoms with van der Waals surface area (Å²) in [6, 6.07) is 21.5. The molecule has 2 fully saturated rings. The number of hydrogen-bond donors (Lipinski definition) is 2. The summed E-state index contributed by atoms with van der Waals surface area (Å²) in [4.78, 5) is 29.6. The van der Waals surface area contributed by atoms with Crippen molar-refractivity contribution in [3.8, 4) is 0 Å². The minimum Gasteiger partial charge on any atom is -0.376 e. The second-order valence-electron chi connectivity index (χ2n) is 11.4. The molecule has 42 heavy (non-hydrogen) atoms. The fourth-order valence-corrected chi connectivity index (χ4v) is 8.65. The van der Waals surface area contributed by atoms with Crippen LogP contribution in [0.2, 0.25) is 0 Å². The van der Waals surface area contributed by atoms with Gasteiger partial charge in [-0.2, -0.15) is 0 Å². The Morgan fingerprint density at radius 1 is 1.02 bits per heavy atom. The molecule has 4 aromatic rings. The first-order chi connectivity index (χ1) is 20.5. The van der Waals surface area contributed by atoms with Gasteiger partial charge in [-0.3, -0.25) is 9.78 Å². The Kier molecular flexibility index (Phi) is 7.75. The Morgan fingerprint density at radius 2 is 1.95 bits per heavy atom. The maximum absolute atomic E-state index is 12.5. The summed E-state index contributed by atoms with van der Waals surface area (Å²) in [6.07, 6.45) is 4.71. The number of nitrogens with zero attached hydrogens (tertiary/aromatic N) is 3. The Labute approximate surface area is 255 Å². The van der Waals surface area contributed by atoms with Crippen LogP contribution in [-0.4, -0.2) is 54.7 Å². The molecule has 2 aromatic carbocycles. The van der Waals surface area contributed by atoms with E-state index in [1.165, 1.54) is 30.7 Å². The van der Waals surface area contributed by atoms with Crippen molar-refractivity contribution in [2.24, 2.45) is 5.92 Å². The number of anilines is 2. The molecule has 2 unspecified atom stereocenters. The van der Waals surface area contributed by atoms with Crippen LogP contribution in [0.5, 0.6) is 0 Å². The van der Waals surface area contributed by atoms with Crippen LogP contribution < -0.4 is 15.8 Å². The van der Waals surface area contributed by atoms with Gasteiger partial charge in [-0.1, -0.05) is 41.7 Å². The molecule has 3 atom stereocenters. The number of hydrogen-bond acceptors (Lipinski definition) is 8. The molecular formula is C33H35N5O2S2. The Balaban J connectivity index is 1.12. The summed E-state index contributed by atoms with van der Waals surface area (Å²) in [6.45, 7) is 6.21. The smallest absolute Gasteiger partial charge is 0.271 e. The number of pyridine rings is 2. The molecule has 0 bridgehead atoms. The number of H-pyrrole nitrogens is 1. The first-order valence-electron chi connectivity index (χ1n) is 14.6. The van der Waals surface area contributed by atoms with Gasteiger partial charge >= 0.3 is 0 Å². The summed E-state index contributed by atoms with van der Waals surface area (Å²) < 4.78 is 6.28. The molecule has 2 N–H and O–H groups in total. The topological polar surface area (TPSA) is 73.5 Å². The SMILES string of the molecule is Cc1ccc(C(Nc2ccc3c(c2)Sc2cccc(C4CN(c5ccc[nH]c5=O)CCO4)c2S3)[C@@H]2CCN(C)C2)nc1. The molecule has 3 aliphatic rings. The van der Waals surface area contributed by atoms with Gasteiger partial charge in [0.15, 0.2) is 0 Å². The minimum atomic E-state index is -0.101. The van der Waals surface area contributed by atoms with Gasteiger partial charge < -0.3 is 24.8 Å². The lowest BCUT2D eigenvalue weighted by molar-refractivity contribution is 0.0378. The highest BCUT2D eigenvalue weighted by Gasteiger charge is 2.31. The summed E-state index contributed by atoms with van der Waals surface area (Å²) in [5, 5.41) is 3.87. The van der Waals surface area contributed by atoms with E-state index < -0.39 is 0 Å². The van der Waals surface area contributed by atoms with Crippen LogP contribution in [0.3, 0.4) is 0 Å². The molecule has 7 nitrogen and oxygen atoms in total. The minimum absolute atomic E-state index is 0.0585. The van der Waals surface area contributed by atoms with Gasteiger partial charge in [0.2, 0.25) is 0 Å². The lowest BCUT2D eigenvalue weighted by Crippen LogP contribution is -2.41. The number of aromatic amines is 1. The molecule has 7 rings (SSSR count). The summed E-state index contributed by atoms with van der Waals surface area (Å²) in [5.41, 5.74) is 5.24. The van der Waals surface area contributed by atoms with Gasteiger partial charge in [-0.25, -0.2) is 0 Å². The number of rotatable bonds is 6. The molecule has 0 aliphatic carbocycles. The molecule has 3 aliphatic heterocycles. The van der Waals surface area contributed by atoms with Crippen molar-refractivity contribution in [3.05, 3.63) is 100 Å². The number of fused-ring (bicyclic) bond motifs is 2. The van der Waals surface area contributed by atoms with Crippen molar-refractivity contribution in [2.75, 3.05) is 50.1 Å². The van der Waals surface area contributed by atoms with E-state index in [1.54, 1.807) is 6.20 Å². The van der Waals surface area contributed by atoms with Gasteiger partial charge in [-0.05, 0) is 86.4 Å². The molecule has 2 saturated heterocycles. The predicted octanol–water partition coefficient (Wildman–Crippen LogP) is 6.38. The second-order valence-corrected chi connectivity index (χ2v) is 13.6. The summed E-state index contributed by atoms with van der Waals surface area (Å²) in [5.74, 6) is 0.507. The Bertz CT molecular complexity index is 1640. The van der Waals surface area contributed by atoms with Crippen LogP contribution >= 0.6 is 23.5 Å². The molecular weight excluding hydrogens is 563 g/mol. The number of aryl methyl sites for hydroxylation is 1. The zero-order chi connectivity index (χ0) is 28.6. The quantitative estimate of drug-likeness (QED) is 0.234. The van der Waals surface area contributed by atoms with Crippen molar-refractivity contribution in [1.82, 2.24) is 14.9 Å². The molecule has 0 radical (unpaired) electrons. The fourth-order valence-electron chi connectivity index (χ4n) is 6.20. The van der Waals surface area contributed by atoms with E-state index in [9.17, 15) is 4.79 Å². The van der Waals surface area contributed by atoms with Crippen molar-refractivity contribution < 1.29 is 4.74 Å². The largest absolute Gasteiger partial charge is 0.376 e. The van der Waals surface area contributed by atoms with Crippen molar-refractivity contribution in [2.45, 2.75) is 45.1 Å². The number of morpholine rings is 1. The molecule has 0 amide bonds. The van der Waals surface area contributed by atoms with Crippen LogP contribution in [0.15, 0.2) is 97.4 Å². The monoisotopic (exact) mass is 597 g/mol. The third kappa shape index (κ3) is 5.58. The van der Waals surface area contributed by atoms with Crippen molar-refractivity contribution in [1.29, 1.82) is 0 Å². The maximum Gasteiger partial charge on any atom is 0.271 e. The zero-order valence-corrected chi connectivity index (χ0v) is 25.5. The lowest BCUT2D eigenvalue weighted by atomic mass is 9.95. The molecule has 2 aromatic heterocycles. The number of nitrogens with one attached hydrogen (secondary N) is 2. The van der Waals surface area contributed by atoms with Gasteiger partial charge in [0, 0.05) is 57.3 Å². The molecule has 0 saturated carbocycles. The van der Waals surface area contributed by atoms with Gasteiger partial charge in [0.25, 0.3) is 5.56 Å². The highest BCUT2D eigenvalue weighted by Crippen LogP contribution is 2.52. The highest BCUT2D eigenvalue weighted by molar-refractivity contribution is 8.05. The third-order valence-electron chi connectivity index (χ3n) is 8.41. The number of benzene rings is 2. The first kappa shape index (κ1) is 27.6. The van der Waals surface area contributed by atoms with Crippen LogP contribution in [0.4, 0.5) is 11.4 Å². The van der Waals surface area contributed by atoms with E-state index in [-0.39, 0.29) is 17.7 Å². The predicted molar refractivity (Wildman–Crippen MR) is 170 cm³/mol. The maximum atomic E-state index is 12.5. The van der Waals surface area contributed by atoms with Crippen LogP contribution in [0, 0.1) is 12.8 Å². The normalized spacial score (nSPS) is 21.0. The van der Waals surface area contributed by atoms with Crippen LogP contribution in [0.25, 0.3) is 0 Å². The highest BCUT2D eigenvalue weighted by atomic mass is 32.2. The van der Waals surface area contributed by atoms with Gasteiger partial charge in [-0.15, -0.1) is 0 Å². The van der Waals surface area contributed by atoms with Crippen molar-refractivity contribution >= 4 is 34.9 Å². The van der Waals surface area contributed by atoms with E-state index in [0.29, 0.717) is 31.3 Å². The zero-order valence-electron chi connectivity index (χ0n) is 23.9. The van der Waals surface area contributed by atoms with E-state index in [2.05, 4.69) is 82.6 Å². The van der Waals surface area contributed by atoms with E-state index in [4.69, 9.17) is 9.72 Å². The van der Waals surface area contributed by atoms with Gasteiger partial charge in [0.05, 0.1) is 18.3 Å². The Hall–Kier alpha value is -3.24. The van der Waals surface area contributed by atoms with E-state index in [0.717, 1.165) is 30.9 Å². The first-order valence-corrected chi connectivity index (χ1v) is 16.2.